The molecule has 0 bridgehead atoms. The third-order valence-electron chi connectivity index (χ3n) is 9.59. The van der Waals surface area contributed by atoms with Gasteiger partial charge >= 0.3 is 12.1 Å². The molecule has 0 saturated carbocycles. The number of nitrogens with zero attached hydrogens (tertiary/aromatic N) is 3. The Kier molecular flexibility index (Phi) is 8.99. The van der Waals surface area contributed by atoms with Crippen molar-refractivity contribution in [1.29, 1.82) is 0 Å². The van der Waals surface area contributed by atoms with Crippen LogP contribution in [0.5, 0.6) is 5.75 Å². The van der Waals surface area contributed by atoms with E-state index in [1.54, 1.807) is 17.0 Å². The summed E-state index contributed by atoms with van der Waals surface area (Å²) in [6, 6.07) is 1.83. The Morgan fingerprint density at radius 3 is 2.65 bits per heavy atom. The van der Waals surface area contributed by atoms with E-state index < -0.39 is 52.0 Å². The lowest BCUT2D eigenvalue weighted by molar-refractivity contribution is -0.231. The normalized spacial score (nSPS) is 28.1. The number of amides is 4. The molecule has 0 aromatic heterocycles. The highest BCUT2D eigenvalue weighted by atomic mass is 35.6. The van der Waals surface area contributed by atoms with Gasteiger partial charge in [0.1, 0.15) is 18.4 Å². The second kappa shape index (κ2) is 12.5. The first-order chi connectivity index (χ1) is 22.5. The zero-order valence-electron chi connectivity index (χ0n) is 26.4. The van der Waals surface area contributed by atoms with Crippen molar-refractivity contribution in [2.45, 2.75) is 71.9 Å². The Bertz CT molecular complexity index is 1530. The van der Waals surface area contributed by atoms with Gasteiger partial charge in [-0.15, -0.1) is 0 Å². The van der Waals surface area contributed by atoms with Crippen molar-refractivity contribution in [2.24, 2.45) is 4.99 Å². The number of hydrogen-bond donors (Lipinski definition) is 7. The van der Waals surface area contributed by atoms with Crippen LogP contribution in [0, 0.1) is 0 Å². The summed E-state index contributed by atoms with van der Waals surface area (Å²) in [7, 11) is 0. The van der Waals surface area contributed by atoms with Crippen molar-refractivity contribution < 1.29 is 34.1 Å². The number of fused-ring (bicyclic) bond motifs is 1. The average Bonchev–Trinajstić information content (AvgIpc) is 3.72. The van der Waals surface area contributed by atoms with Crippen LogP contribution in [0.1, 0.15) is 49.0 Å². The van der Waals surface area contributed by atoms with Crippen LogP contribution in [-0.2, 0) is 10.2 Å². The number of rotatable bonds is 5. The molecule has 3 fully saturated rings. The third-order valence-corrected chi connectivity index (χ3v) is 9.92. The number of carbonyl (C=O) groups is 3. The SMILES string of the molecule is C=C1N[C@H]2[C@H](CNC(=O)N3CCCC3)N=C(NC(=O)OCC(Cl)(Cl)Cl)N3C[C@H](NC(=O)c4cccc5c4OCCC5(C)C)C(O)(O)[C@]23N1. The lowest BCUT2D eigenvalue weighted by atomic mass is 9.79. The van der Waals surface area contributed by atoms with Crippen LogP contribution < -0.4 is 31.3 Å². The van der Waals surface area contributed by atoms with Gasteiger partial charge in [0.05, 0.1) is 30.1 Å². The molecular formula is C30H39Cl3N8O7. The van der Waals surface area contributed by atoms with Crippen LogP contribution in [0.3, 0.4) is 0 Å². The summed E-state index contributed by atoms with van der Waals surface area (Å²) in [5.41, 5.74) is -0.976. The van der Waals surface area contributed by atoms with Gasteiger partial charge in [-0.1, -0.05) is 67.4 Å². The average molecular weight is 730 g/mol. The van der Waals surface area contributed by atoms with Crippen LogP contribution in [-0.4, -0.2) is 117 Å². The number of alkyl halides is 3. The highest BCUT2D eigenvalue weighted by Crippen LogP contribution is 2.45. The van der Waals surface area contributed by atoms with E-state index in [0.717, 1.165) is 24.8 Å². The molecule has 0 aliphatic carbocycles. The lowest BCUT2D eigenvalue weighted by Gasteiger charge is -2.49. The molecule has 4 amide bonds. The predicted octanol–water partition coefficient (Wildman–Crippen LogP) is 1.21. The molecule has 15 nitrogen and oxygen atoms in total. The van der Waals surface area contributed by atoms with Crippen molar-refractivity contribution in [3.05, 3.63) is 41.7 Å². The number of likely N-dealkylation sites (tertiary alicyclic amines) is 1. The molecule has 1 spiro atoms. The fourth-order valence-electron chi connectivity index (χ4n) is 7.13. The minimum Gasteiger partial charge on any atom is -0.492 e. The fraction of sp³-hybridized carbons (Fsp3) is 0.600. The van der Waals surface area contributed by atoms with Crippen molar-refractivity contribution in [2.75, 3.05) is 39.4 Å². The van der Waals surface area contributed by atoms with Gasteiger partial charge in [-0.2, -0.15) is 0 Å². The van der Waals surface area contributed by atoms with Crippen molar-refractivity contribution in [3.63, 3.8) is 0 Å². The van der Waals surface area contributed by atoms with E-state index in [2.05, 4.69) is 47.0 Å². The van der Waals surface area contributed by atoms with Gasteiger partial charge in [-0.3, -0.25) is 10.1 Å². The highest BCUT2D eigenvalue weighted by Gasteiger charge is 2.73. The Morgan fingerprint density at radius 2 is 1.94 bits per heavy atom. The van der Waals surface area contributed by atoms with Crippen molar-refractivity contribution >= 4 is 58.8 Å². The number of ether oxygens (including phenoxy) is 2. The number of urea groups is 1. The number of carbonyl (C=O) groups excluding carboxylic acids is 3. The Labute approximate surface area is 292 Å². The molecule has 3 saturated heterocycles. The first-order valence-electron chi connectivity index (χ1n) is 15.7. The predicted molar refractivity (Wildman–Crippen MR) is 177 cm³/mol. The van der Waals surface area contributed by atoms with Crippen molar-refractivity contribution in [1.82, 2.24) is 36.4 Å². The van der Waals surface area contributed by atoms with Crippen molar-refractivity contribution in [3.8, 4) is 5.75 Å². The van der Waals surface area contributed by atoms with E-state index >= 15 is 0 Å². The summed E-state index contributed by atoms with van der Waals surface area (Å²) in [6.45, 7) is 8.86. The maximum absolute atomic E-state index is 13.8. The molecule has 1 aromatic rings. The molecule has 5 heterocycles. The van der Waals surface area contributed by atoms with Gasteiger partial charge < -0.3 is 50.8 Å². The molecule has 262 valence electrons. The quantitative estimate of drug-likeness (QED) is 0.172. The first kappa shape index (κ1) is 34.5. The summed E-state index contributed by atoms with van der Waals surface area (Å²) in [4.78, 5) is 47.4. The number of nitrogens with one attached hydrogen (secondary N) is 5. The summed E-state index contributed by atoms with van der Waals surface area (Å²) in [5, 5.41) is 38.4. The molecule has 4 atom stereocenters. The van der Waals surface area contributed by atoms with E-state index in [1.165, 1.54) is 4.90 Å². The second-order valence-corrected chi connectivity index (χ2v) is 15.8. The molecule has 0 unspecified atom stereocenters. The van der Waals surface area contributed by atoms with E-state index in [9.17, 15) is 24.6 Å². The summed E-state index contributed by atoms with van der Waals surface area (Å²) in [6.07, 6.45) is 1.52. The lowest BCUT2D eigenvalue weighted by Crippen LogP contribution is -2.78. The molecule has 18 heteroatoms. The van der Waals surface area contributed by atoms with E-state index in [4.69, 9.17) is 49.3 Å². The zero-order chi connectivity index (χ0) is 34.6. The van der Waals surface area contributed by atoms with Gasteiger partial charge in [0.2, 0.25) is 15.5 Å². The number of hydrogen-bond acceptors (Lipinski definition) is 11. The summed E-state index contributed by atoms with van der Waals surface area (Å²) < 4.78 is 9.11. The molecule has 7 N–H and O–H groups in total. The minimum atomic E-state index is -2.71. The van der Waals surface area contributed by atoms with Gasteiger partial charge in [0, 0.05) is 31.7 Å². The molecule has 1 aromatic carbocycles. The molecule has 0 radical (unpaired) electrons. The number of benzene rings is 1. The largest absolute Gasteiger partial charge is 0.492 e. The maximum atomic E-state index is 13.8. The molecule has 5 aliphatic rings. The number of guanidine groups is 1. The highest BCUT2D eigenvalue weighted by molar-refractivity contribution is 6.67. The Balaban J connectivity index is 1.31. The van der Waals surface area contributed by atoms with Gasteiger partial charge in [-0.05, 0) is 30.7 Å². The van der Waals surface area contributed by atoms with E-state index in [1.807, 2.05) is 6.07 Å². The number of halogens is 3. The zero-order valence-corrected chi connectivity index (χ0v) is 28.7. The Morgan fingerprint density at radius 1 is 1.21 bits per heavy atom. The van der Waals surface area contributed by atoms with Crippen LogP contribution in [0.4, 0.5) is 9.59 Å². The van der Waals surface area contributed by atoms with Gasteiger partial charge in [-0.25, -0.2) is 14.6 Å². The summed E-state index contributed by atoms with van der Waals surface area (Å²) in [5.74, 6) is -2.79. The molecule has 5 aliphatic heterocycles. The number of alkyl carbamates (subject to hydrolysis) is 1. The second-order valence-electron chi connectivity index (χ2n) is 13.2. The Hall–Kier alpha value is -3.37. The van der Waals surface area contributed by atoms with E-state index in [0.29, 0.717) is 25.4 Å². The number of aliphatic hydroxyl groups is 2. The number of aliphatic imine (C=N–C) groups is 1. The molecule has 48 heavy (non-hydrogen) atoms. The van der Waals surface area contributed by atoms with Crippen LogP contribution in [0.25, 0.3) is 0 Å². The smallest absolute Gasteiger partial charge is 0.414 e. The van der Waals surface area contributed by atoms with Gasteiger partial charge in [0.15, 0.2) is 5.66 Å². The number of para-hydroxylation sites is 1. The van der Waals surface area contributed by atoms with Crippen LogP contribution >= 0.6 is 34.8 Å². The standard InChI is InChI=1S/C30H39Cl3N8O7/c1-16-35-22-19(13-34-25(43)40-10-4-5-11-40)36-24(38-26(44)48-15-28(31,32)33)41-14-20(30(45,46)29(22,41)39-16)37-23(42)17-7-6-8-18-21(17)47-12-9-27(18,2)3/h6-8,19-20,22,35,39,45-46H,1,4-5,9-15H2,2-3H3,(H,34,43)(H,37,42)(H,36,38,44)/t19-,20-,22-,29-/m0/s1. The molecular weight excluding hydrogens is 691 g/mol. The topological polar surface area (TPSA) is 189 Å². The fourth-order valence-corrected chi connectivity index (χ4v) is 7.29. The monoisotopic (exact) mass is 728 g/mol. The minimum absolute atomic E-state index is 0.0533. The van der Waals surface area contributed by atoms with Crippen LogP contribution in [0.15, 0.2) is 35.6 Å². The third kappa shape index (κ3) is 6.15. The van der Waals surface area contributed by atoms with Gasteiger partial charge in [0.25, 0.3) is 5.91 Å². The summed E-state index contributed by atoms with van der Waals surface area (Å²) >= 11 is 17.3. The maximum Gasteiger partial charge on any atom is 0.414 e. The molecule has 6 rings (SSSR count). The first-order valence-corrected chi connectivity index (χ1v) is 16.8. The van der Waals surface area contributed by atoms with Crippen LogP contribution in [0.2, 0.25) is 0 Å². The van der Waals surface area contributed by atoms with E-state index in [-0.39, 0.29) is 41.9 Å².